The molecule has 1 aromatic carbocycles. The molecule has 0 spiro atoms. The van der Waals surface area contributed by atoms with E-state index in [1.54, 1.807) is 6.07 Å². The van der Waals surface area contributed by atoms with Crippen LogP contribution in [-0.4, -0.2) is 44.2 Å². The molecule has 1 saturated heterocycles. The van der Waals surface area contributed by atoms with Crippen molar-refractivity contribution in [1.82, 2.24) is 10.2 Å². The summed E-state index contributed by atoms with van der Waals surface area (Å²) in [6.07, 6.45) is 2.59. The molecule has 1 aliphatic rings. The highest BCUT2D eigenvalue weighted by molar-refractivity contribution is 5.89. The molecule has 0 saturated carbocycles. The van der Waals surface area contributed by atoms with E-state index in [0.29, 0.717) is 5.56 Å². The van der Waals surface area contributed by atoms with Crippen molar-refractivity contribution in [3.8, 4) is 0 Å². The van der Waals surface area contributed by atoms with Gasteiger partial charge in [-0.05, 0) is 56.1 Å². The zero-order valence-electron chi connectivity index (χ0n) is 13.1. The first-order valence-electron chi connectivity index (χ1n) is 7.83. The van der Waals surface area contributed by atoms with E-state index in [4.69, 9.17) is 4.74 Å². The Morgan fingerprint density at radius 3 is 3.00 bits per heavy atom. The summed E-state index contributed by atoms with van der Waals surface area (Å²) in [4.78, 5) is 14.0. The first kappa shape index (κ1) is 16.0. The zero-order valence-corrected chi connectivity index (χ0v) is 13.1. The van der Waals surface area contributed by atoms with Crippen molar-refractivity contribution in [3.05, 3.63) is 35.4 Å². The van der Waals surface area contributed by atoms with E-state index in [9.17, 15) is 4.79 Å². The van der Waals surface area contributed by atoms with Gasteiger partial charge in [0.15, 0.2) is 0 Å². The van der Waals surface area contributed by atoms with Gasteiger partial charge in [0.25, 0.3) is 0 Å². The molecule has 1 heterocycles. The molecule has 0 bridgehead atoms. The van der Waals surface area contributed by atoms with Crippen LogP contribution in [-0.2, 0) is 11.3 Å². The Kier molecular flexibility index (Phi) is 6.21. The van der Waals surface area contributed by atoms with Crippen LogP contribution in [0.2, 0.25) is 0 Å². The van der Waals surface area contributed by atoms with Crippen LogP contribution in [0.3, 0.4) is 0 Å². The molecule has 116 valence electrons. The van der Waals surface area contributed by atoms with Gasteiger partial charge >= 0.3 is 5.97 Å². The molecule has 1 N–H and O–H groups in total. The lowest BCUT2D eigenvalue weighted by Gasteiger charge is -2.29. The minimum absolute atomic E-state index is 0.267. The van der Waals surface area contributed by atoms with Crippen molar-refractivity contribution in [1.29, 1.82) is 0 Å². The summed E-state index contributed by atoms with van der Waals surface area (Å²) in [7, 11) is 1.42. The highest BCUT2D eigenvalue weighted by atomic mass is 16.5. The number of benzene rings is 1. The summed E-state index contributed by atoms with van der Waals surface area (Å²) >= 11 is 0. The minimum Gasteiger partial charge on any atom is -0.465 e. The van der Waals surface area contributed by atoms with Gasteiger partial charge in [-0.1, -0.05) is 19.1 Å². The largest absolute Gasteiger partial charge is 0.465 e. The third-order valence-corrected chi connectivity index (χ3v) is 4.12. The SMILES string of the molecule is CCN(Cc1cccc(C(=O)OC)c1)CC1CCCNC1. The van der Waals surface area contributed by atoms with E-state index in [1.807, 2.05) is 12.1 Å². The Hall–Kier alpha value is -1.39. The van der Waals surface area contributed by atoms with Crippen LogP contribution >= 0.6 is 0 Å². The van der Waals surface area contributed by atoms with Gasteiger partial charge in [0.2, 0.25) is 0 Å². The predicted octanol–water partition coefficient (Wildman–Crippen LogP) is 2.29. The Balaban J connectivity index is 1.95. The number of carbonyl (C=O) groups is 1. The van der Waals surface area contributed by atoms with Gasteiger partial charge in [-0.3, -0.25) is 4.90 Å². The van der Waals surface area contributed by atoms with Gasteiger partial charge in [-0.2, -0.15) is 0 Å². The standard InChI is InChI=1S/C17H26N2O2/c1-3-19(13-15-7-5-9-18-11-15)12-14-6-4-8-16(10-14)17(20)21-2/h4,6,8,10,15,18H,3,5,7,9,11-13H2,1-2H3. The lowest BCUT2D eigenvalue weighted by atomic mass is 9.99. The number of methoxy groups -OCH3 is 1. The minimum atomic E-state index is -0.267. The van der Waals surface area contributed by atoms with E-state index >= 15 is 0 Å². The maximum atomic E-state index is 11.6. The third kappa shape index (κ3) is 4.83. The number of rotatable bonds is 6. The van der Waals surface area contributed by atoms with Crippen LogP contribution < -0.4 is 5.32 Å². The number of hydrogen-bond acceptors (Lipinski definition) is 4. The van der Waals surface area contributed by atoms with Gasteiger partial charge in [-0.15, -0.1) is 0 Å². The van der Waals surface area contributed by atoms with Gasteiger partial charge in [0, 0.05) is 13.1 Å². The number of nitrogens with zero attached hydrogens (tertiary/aromatic N) is 1. The zero-order chi connectivity index (χ0) is 15.1. The Morgan fingerprint density at radius 1 is 1.48 bits per heavy atom. The van der Waals surface area contributed by atoms with Crippen molar-refractivity contribution in [2.75, 3.05) is 33.3 Å². The van der Waals surface area contributed by atoms with Gasteiger partial charge in [0.05, 0.1) is 12.7 Å². The molecule has 1 atom stereocenters. The highest BCUT2D eigenvalue weighted by Gasteiger charge is 2.16. The number of piperidine rings is 1. The first-order chi connectivity index (χ1) is 10.2. The first-order valence-corrected chi connectivity index (χ1v) is 7.83. The molecule has 21 heavy (non-hydrogen) atoms. The Labute approximate surface area is 127 Å². The molecule has 0 radical (unpaired) electrons. The van der Waals surface area contributed by atoms with Gasteiger partial charge in [-0.25, -0.2) is 4.79 Å². The second kappa shape index (κ2) is 8.15. The number of ether oxygens (including phenoxy) is 1. The normalized spacial score (nSPS) is 18.7. The molecule has 4 nitrogen and oxygen atoms in total. The van der Waals surface area contributed by atoms with Crippen LogP contribution in [0.1, 0.15) is 35.7 Å². The fourth-order valence-electron chi connectivity index (χ4n) is 2.92. The summed E-state index contributed by atoms with van der Waals surface area (Å²) in [6.45, 7) is 7.51. The predicted molar refractivity (Wildman–Crippen MR) is 84.3 cm³/mol. The molecule has 0 aliphatic carbocycles. The molecule has 4 heteroatoms. The Bertz CT molecular complexity index is 456. The van der Waals surface area contributed by atoms with Crippen LogP contribution in [0.15, 0.2) is 24.3 Å². The molecule has 2 rings (SSSR count). The average molecular weight is 290 g/mol. The molecular weight excluding hydrogens is 264 g/mol. The topological polar surface area (TPSA) is 41.6 Å². The second-order valence-corrected chi connectivity index (χ2v) is 5.73. The molecule has 1 aromatic rings. The number of hydrogen-bond donors (Lipinski definition) is 1. The fourth-order valence-corrected chi connectivity index (χ4v) is 2.92. The quantitative estimate of drug-likeness (QED) is 0.816. The maximum absolute atomic E-state index is 11.6. The third-order valence-electron chi connectivity index (χ3n) is 4.12. The van der Waals surface area contributed by atoms with Crippen molar-refractivity contribution >= 4 is 5.97 Å². The average Bonchev–Trinajstić information content (AvgIpc) is 2.54. The summed E-state index contributed by atoms with van der Waals surface area (Å²) in [6, 6.07) is 7.75. The lowest BCUT2D eigenvalue weighted by molar-refractivity contribution is 0.0600. The number of nitrogens with one attached hydrogen (secondary N) is 1. The molecule has 1 fully saturated rings. The van der Waals surface area contributed by atoms with Crippen molar-refractivity contribution in [2.24, 2.45) is 5.92 Å². The van der Waals surface area contributed by atoms with E-state index in [-0.39, 0.29) is 5.97 Å². The van der Waals surface area contributed by atoms with Crippen LogP contribution in [0.25, 0.3) is 0 Å². The lowest BCUT2D eigenvalue weighted by Crippen LogP contribution is -2.38. The van der Waals surface area contributed by atoms with E-state index in [1.165, 1.54) is 25.5 Å². The monoisotopic (exact) mass is 290 g/mol. The van der Waals surface area contributed by atoms with Crippen LogP contribution in [0.5, 0.6) is 0 Å². The molecular formula is C17H26N2O2. The number of esters is 1. The summed E-state index contributed by atoms with van der Waals surface area (Å²) in [5.41, 5.74) is 1.80. The van der Waals surface area contributed by atoms with Crippen LogP contribution in [0, 0.1) is 5.92 Å². The fraction of sp³-hybridized carbons (Fsp3) is 0.588. The van der Waals surface area contributed by atoms with Gasteiger partial charge < -0.3 is 10.1 Å². The number of carbonyl (C=O) groups excluding carboxylic acids is 1. The second-order valence-electron chi connectivity index (χ2n) is 5.73. The molecule has 1 unspecified atom stereocenters. The molecule has 0 aromatic heterocycles. The maximum Gasteiger partial charge on any atom is 0.337 e. The van der Waals surface area contributed by atoms with E-state index < -0.39 is 0 Å². The molecule has 0 amide bonds. The van der Waals surface area contributed by atoms with Crippen molar-refractivity contribution in [2.45, 2.75) is 26.3 Å². The van der Waals surface area contributed by atoms with Gasteiger partial charge in [0.1, 0.15) is 0 Å². The highest BCUT2D eigenvalue weighted by Crippen LogP contribution is 2.15. The Morgan fingerprint density at radius 2 is 2.33 bits per heavy atom. The van der Waals surface area contributed by atoms with Crippen molar-refractivity contribution < 1.29 is 9.53 Å². The molecule has 1 aliphatic heterocycles. The smallest absolute Gasteiger partial charge is 0.337 e. The van der Waals surface area contributed by atoms with Crippen LogP contribution in [0.4, 0.5) is 0 Å². The summed E-state index contributed by atoms with van der Waals surface area (Å²) in [5.74, 6) is 0.471. The van der Waals surface area contributed by atoms with E-state index in [2.05, 4.69) is 23.2 Å². The summed E-state index contributed by atoms with van der Waals surface area (Å²) in [5, 5.41) is 3.47. The van der Waals surface area contributed by atoms with E-state index in [0.717, 1.165) is 38.6 Å². The van der Waals surface area contributed by atoms with Crippen molar-refractivity contribution in [3.63, 3.8) is 0 Å². The summed E-state index contributed by atoms with van der Waals surface area (Å²) < 4.78 is 4.78.